The average Bonchev–Trinajstić information content (AvgIpc) is 3.09. The first-order chi connectivity index (χ1) is 11.5. The van der Waals surface area contributed by atoms with Crippen molar-refractivity contribution in [3.63, 3.8) is 0 Å². The molecule has 2 amide bonds. The predicted octanol–water partition coefficient (Wildman–Crippen LogP) is 3.35. The lowest BCUT2D eigenvalue weighted by Crippen LogP contribution is -2.29. The second kappa shape index (κ2) is 8.63. The van der Waals surface area contributed by atoms with Gasteiger partial charge in [-0.05, 0) is 36.8 Å². The third-order valence-electron chi connectivity index (χ3n) is 3.44. The van der Waals surface area contributed by atoms with Crippen LogP contribution in [0.1, 0.15) is 29.0 Å². The molecule has 0 aliphatic carbocycles. The Morgan fingerprint density at radius 2 is 2.12 bits per heavy atom. The zero-order chi connectivity index (χ0) is 17.5. The molecule has 0 fully saturated rings. The molecule has 0 atom stereocenters. The van der Waals surface area contributed by atoms with Crippen molar-refractivity contribution in [2.75, 3.05) is 13.6 Å². The van der Waals surface area contributed by atoms with E-state index in [0.29, 0.717) is 18.5 Å². The third-order valence-corrected chi connectivity index (χ3v) is 3.93. The molecule has 24 heavy (non-hydrogen) atoms. The van der Waals surface area contributed by atoms with Crippen LogP contribution in [0.15, 0.2) is 45.5 Å². The van der Waals surface area contributed by atoms with E-state index < -0.39 is 0 Å². The van der Waals surface area contributed by atoms with Crippen molar-refractivity contribution in [2.24, 2.45) is 0 Å². The fraction of sp³-hybridized carbons (Fsp3) is 0.294. The molecule has 0 saturated carbocycles. The molecule has 2 aromatic rings. The fourth-order valence-electron chi connectivity index (χ4n) is 2.14. The molecule has 0 unspecified atom stereocenters. The van der Waals surface area contributed by atoms with Gasteiger partial charge in [0.15, 0.2) is 5.76 Å². The SMILES string of the molecule is CN(Cc1cc(Br)ccc1F)C(=O)CCCNC(=O)c1ccco1. The maximum Gasteiger partial charge on any atom is 0.286 e. The molecule has 5 nitrogen and oxygen atoms in total. The van der Waals surface area contributed by atoms with E-state index in [-0.39, 0.29) is 36.4 Å². The van der Waals surface area contributed by atoms with Crippen molar-refractivity contribution < 1.29 is 18.4 Å². The van der Waals surface area contributed by atoms with E-state index >= 15 is 0 Å². The van der Waals surface area contributed by atoms with Crippen molar-refractivity contribution in [3.05, 3.63) is 58.2 Å². The number of furan rings is 1. The standard InChI is InChI=1S/C17H18BrFN2O3/c1-21(11-12-10-13(18)6-7-14(12)19)16(22)5-2-8-20-17(23)15-4-3-9-24-15/h3-4,6-7,9-10H,2,5,8,11H2,1H3,(H,20,23). The zero-order valence-electron chi connectivity index (χ0n) is 13.2. The summed E-state index contributed by atoms with van der Waals surface area (Å²) in [6.45, 7) is 0.563. The van der Waals surface area contributed by atoms with Gasteiger partial charge >= 0.3 is 0 Å². The number of carbonyl (C=O) groups is 2. The molecule has 0 aliphatic heterocycles. The van der Waals surface area contributed by atoms with Crippen LogP contribution in [0.5, 0.6) is 0 Å². The van der Waals surface area contributed by atoms with Crippen LogP contribution in [0, 0.1) is 5.82 Å². The van der Waals surface area contributed by atoms with Crippen molar-refractivity contribution in [1.82, 2.24) is 10.2 Å². The predicted molar refractivity (Wildman–Crippen MR) is 90.8 cm³/mol. The quantitative estimate of drug-likeness (QED) is 0.729. The summed E-state index contributed by atoms with van der Waals surface area (Å²) in [7, 11) is 1.63. The van der Waals surface area contributed by atoms with Gasteiger partial charge in [-0.3, -0.25) is 9.59 Å². The minimum Gasteiger partial charge on any atom is -0.459 e. The maximum atomic E-state index is 13.7. The Balaban J connectivity index is 1.73. The minimum absolute atomic E-state index is 0.110. The second-order valence-electron chi connectivity index (χ2n) is 5.32. The van der Waals surface area contributed by atoms with E-state index in [2.05, 4.69) is 21.2 Å². The van der Waals surface area contributed by atoms with Crippen molar-refractivity contribution in [1.29, 1.82) is 0 Å². The Labute approximate surface area is 148 Å². The summed E-state index contributed by atoms with van der Waals surface area (Å²) >= 11 is 3.29. The third kappa shape index (κ3) is 5.19. The van der Waals surface area contributed by atoms with Gasteiger partial charge in [0.2, 0.25) is 5.91 Å². The highest BCUT2D eigenvalue weighted by Crippen LogP contribution is 2.17. The largest absolute Gasteiger partial charge is 0.459 e. The Morgan fingerprint density at radius 3 is 2.83 bits per heavy atom. The van der Waals surface area contributed by atoms with E-state index in [9.17, 15) is 14.0 Å². The number of nitrogens with zero attached hydrogens (tertiary/aromatic N) is 1. The van der Waals surface area contributed by atoms with Crippen molar-refractivity contribution >= 4 is 27.7 Å². The summed E-state index contributed by atoms with van der Waals surface area (Å²) in [6, 6.07) is 7.84. The average molecular weight is 397 g/mol. The van der Waals surface area contributed by atoms with Crippen LogP contribution < -0.4 is 5.32 Å². The molecule has 1 aromatic carbocycles. The summed E-state index contributed by atoms with van der Waals surface area (Å²) in [4.78, 5) is 25.2. The first-order valence-corrected chi connectivity index (χ1v) is 8.26. The molecule has 2 rings (SSSR count). The summed E-state index contributed by atoms with van der Waals surface area (Å²) in [5.74, 6) is -0.522. The van der Waals surface area contributed by atoms with E-state index in [4.69, 9.17) is 4.42 Å². The van der Waals surface area contributed by atoms with Gasteiger partial charge in [0, 0.05) is 36.6 Å². The normalized spacial score (nSPS) is 10.5. The summed E-state index contributed by atoms with van der Waals surface area (Å²) < 4.78 is 19.4. The van der Waals surface area contributed by atoms with E-state index in [0.717, 1.165) is 4.47 Å². The van der Waals surface area contributed by atoms with Gasteiger partial charge < -0.3 is 14.6 Å². The molecule has 0 spiro atoms. The topological polar surface area (TPSA) is 62.6 Å². The van der Waals surface area contributed by atoms with Gasteiger partial charge in [-0.25, -0.2) is 4.39 Å². The number of halogens is 2. The number of rotatable bonds is 7. The number of hydrogen-bond acceptors (Lipinski definition) is 3. The number of hydrogen-bond donors (Lipinski definition) is 1. The fourth-order valence-corrected chi connectivity index (χ4v) is 2.54. The van der Waals surface area contributed by atoms with Crippen molar-refractivity contribution in [3.8, 4) is 0 Å². The molecule has 1 N–H and O–H groups in total. The highest BCUT2D eigenvalue weighted by atomic mass is 79.9. The molecule has 1 aromatic heterocycles. The Hall–Kier alpha value is -2.15. The Morgan fingerprint density at radius 1 is 1.33 bits per heavy atom. The lowest BCUT2D eigenvalue weighted by molar-refractivity contribution is -0.130. The number of nitrogens with one attached hydrogen (secondary N) is 1. The highest BCUT2D eigenvalue weighted by molar-refractivity contribution is 9.10. The van der Waals surface area contributed by atoms with Crippen LogP contribution in [0.3, 0.4) is 0 Å². The number of carbonyl (C=O) groups excluding carboxylic acids is 2. The van der Waals surface area contributed by atoms with Crippen LogP contribution in [-0.4, -0.2) is 30.3 Å². The molecule has 7 heteroatoms. The van der Waals surface area contributed by atoms with Gasteiger partial charge in [-0.15, -0.1) is 0 Å². The number of amides is 2. The summed E-state index contributed by atoms with van der Waals surface area (Å²) in [5, 5.41) is 2.68. The molecule has 0 saturated heterocycles. The number of benzene rings is 1. The van der Waals surface area contributed by atoms with E-state index in [1.165, 1.54) is 17.2 Å². The summed E-state index contributed by atoms with van der Waals surface area (Å²) in [6.07, 6.45) is 2.19. The molecule has 0 bridgehead atoms. The lowest BCUT2D eigenvalue weighted by atomic mass is 10.2. The zero-order valence-corrected chi connectivity index (χ0v) is 14.8. The van der Waals surface area contributed by atoms with Crippen LogP contribution in [0.4, 0.5) is 4.39 Å². The Kier molecular flexibility index (Phi) is 6.54. The second-order valence-corrected chi connectivity index (χ2v) is 6.24. The minimum atomic E-state index is -0.344. The summed E-state index contributed by atoms with van der Waals surface area (Å²) in [5.41, 5.74) is 0.450. The Bertz CT molecular complexity index is 704. The van der Waals surface area contributed by atoms with Crippen molar-refractivity contribution in [2.45, 2.75) is 19.4 Å². The lowest BCUT2D eigenvalue weighted by Gasteiger charge is -2.18. The van der Waals surface area contributed by atoms with Crippen LogP contribution >= 0.6 is 15.9 Å². The van der Waals surface area contributed by atoms with Gasteiger partial charge in [-0.1, -0.05) is 15.9 Å². The molecule has 0 aliphatic rings. The molecular weight excluding hydrogens is 379 g/mol. The first-order valence-electron chi connectivity index (χ1n) is 7.47. The monoisotopic (exact) mass is 396 g/mol. The van der Waals surface area contributed by atoms with Crippen LogP contribution in [-0.2, 0) is 11.3 Å². The molecular formula is C17H18BrFN2O3. The van der Waals surface area contributed by atoms with Gasteiger partial charge in [0.05, 0.1) is 6.26 Å². The van der Waals surface area contributed by atoms with Gasteiger partial charge in [0.25, 0.3) is 5.91 Å². The molecule has 1 heterocycles. The van der Waals surface area contributed by atoms with Crippen LogP contribution in [0.25, 0.3) is 0 Å². The van der Waals surface area contributed by atoms with E-state index in [1.54, 1.807) is 31.3 Å². The smallest absolute Gasteiger partial charge is 0.286 e. The van der Waals surface area contributed by atoms with E-state index in [1.807, 2.05) is 0 Å². The first kappa shape index (κ1) is 18.2. The maximum absolute atomic E-state index is 13.7. The highest BCUT2D eigenvalue weighted by Gasteiger charge is 2.13. The van der Waals surface area contributed by atoms with Gasteiger partial charge in [0.1, 0.15) is 5.82 Å². The molecule has 0 radical (unpaired) electrons. The van der Waals surface area contributed by atoms with Gasteiger partial charge in [-0.2, -0.15) is 0 Å². The molecule has 128 valence electrons. The van der Waals surface area contributed by atoms with Crippen LogP contribution in [0.2, 0.25) is 0 Å².